The van der Waals surface area contributed by atoms with Crippen molar-refractivity contribution in [3.63, 3.8) is 0 Å². The van der Waals surface area contributed by atoms with E-state index in [1.165, 1.54) is 0 Å². The van der Waals surface area contributed by atoms with Gasteiger partial charge in [0.1, 0.15) is 5.02 Å². The van der Waals surface area contributed by atoms with E-state index in [-0.39, 0.29) is 6.04 Å². The average molecular weight is 309 g/mol. The second-order valence-corrected chi connectivity index (χ2v) is 5.93. The third-order valence-electron chi connectivity index (χ3n) is 2.90. The zero-order valence-electron chi connectivity index (χ0n) is 12.8. The number of nitrogens with one attached hydrogen (secondary N) is 1. The Morgan fingerprint density at radius 3 is 2.62 bits per heavy atom. The SMILES string of the molecule is CC(C)NCc1cnc(Oc2cnn(C(C)C)c2)c(Cl)c1. The second kappa shape index (κ2) is 6.91. The van der Waals surface area contributed by atoms with E-state index < -0.39 is 0 Å². The Kier molecular flexibility index (Phi) is 5.20. The average Bonchev–Trinajstić information content (AvgIpc) is 2.88. The largest absolute Gasteiger partial charge is 0.434 e. The summed E-state index contributed by atoms with van der Waals surface area (Å²) in [5, 5.41) is 8.04. The molecule has 2 rings (SSSR count). The Morgan fingerprint density at radius 2 is 2.05 bits per heavy atom. The summed E-state index contributed by atoms with van der Waals surface area (Å²) in [6.07, 6.45) is 5.26. The van der Waals surface area contributed by atoms with Crippen molar-refractivity contribution in [3.05, 3.63) is 35.2 Å². The smallest absolute Gasteiger partial charge is 0.238 e. The number of hydrogen-bond acceptors (Lipinski definition) is 4. The summed E-state index contributed by atoms with van der Waals surface area (Å²) in [6, 6.07) is 2.57. The standard InChI is InChI=1S/C15H21ClN4O/c1-10(2)17-6-12-5-14(16)15(18-7-12)21-13-8-19-20(9-13)11(3)4/h5,7-11,17H,6H2,1-4H3. The van der Waals surface area contributed by atoms with E-state index in [4.69, 9.17) is 16.3 Å². The number of rotatable bonds is 6. The van der Waals surface area contributed by atoms with Gasteiger partial charge < -0.3 is 10.1 Å². The quantitative estimate of drug-likeness (QED) is 0.882. The number of pyridine rings is 1. The Balaban J connectivity index is 2.06. The predicted molar refractivity (Wildman–Crippen MR) is 83.9 cm³/mol. The number of halogens is 1. The highest BCUT2D eigenvalue weighted by molar-refractivity contribution is 6.31. The summed E-state index contributed by atoms with van der Waals surface area (Å²) in [6.45, 7) is 9.03. The molecule has 0 aromatic carbocycles. The lowest BCUT2D eigenvalue weighted by molar-refractivity contribution is 0.458. The van der Waals surface area contributed by atoms with Crippen LogP contribution in [-0.2, 0) is 6.54 Å². The zero-order chi connectivity index (χ0) is 15.4. The van der Waals surface area contributed by atoms with Crippen LogP contribution in [0, 0.1) is 0 Å². The van der Waals surface area contributed by atoms with Crippen LogP contribution in [0.3, 0.4) is 0 Å². The first kappa shape index (κ1) is 15.8. The van der Waals surface area contributed by atoms with Crippen molar-refractivity contribution in [2.45, 2.75) is 46.3 Å². The van der Waals surface area contributed by atoms with Crippen molar-refractivity contribution in [1.29, 1.82) is 0 Å². The van der Waals surface area contributed by atoms with Crippen molar-refractivity contribution in [1.82, 2.24) is 20.1 Å². The van der Waals surface area contributed by atoms with Gasteiger partial charge >= 0.3 is 0 Å². The van der Waals surface area contributed by atoms with E-state index in [1.807, 2.05) is 16.9 Å². The summed E-state index contributed by atoms with van der Waals surface area (Å²) >= 11 is 6.22. The normalized spacial score (nSPS) is 11.4. The molecule has 6 heteroatoms. The molecule has 0 radical (unpaired) electrons. The molecular weight excluding hydrogens is 288 g/mol. The molecule has 5 nitrogen and oxygen atoms in total. The molecule has 2 heterocycles. The highest BCUT2D eigenvalue weighted by Gasteiger charge is 2.09. The molecule has 0 unspecified atom stereocenters. The first-order valence-corrected chi connectivity index (χ1v) is 7.43. The van der Waals surface area contributed by atoms with Crippen molar-refractivity contribution >= 4 is 11.6 Å². The summed E-state index contributed by atoms with van der Waals surface area (Å²) in [7, 11) is 0. The lowest BCUT2D eigenvalue weighted by Gasteiger charge is -2.09. The molecule has 1 N–H and O–H groups in total. The van der Waals surface area contributed by atoms with Gasteiger partial charge in [0.2, 0.25) is 5.88 Å². The van der Waals surface area contributed by atoms with Crippen LogP contribution in [0.25, 0.3) is 0 Å². The van der Waals surface area contributed by atoms with Crippen molar-refractivity contribution in [3.8, 4) is 11.6 Å². The van der Waals surface area contributed by atoms with Gasteiger partial charge in [-0.05, 0) is 25.5 Å². The molecule has 0 atom stereocenters. The van der Waals surface area contributed by atoms with Crippen LogP contribution < -0.4 is 10.1 Å². The van der Waals surface area contributed by atoms with Crippen molar-refractivity contribution in [2.75, 3.05) is 0 Å². The minimum atomic E-state index is 0.287. The molecule has 0 aliphatic heterocycles. The molecule has 0 aliphatic carbocycles. The van der Waals surface area contributed by atoms with Crippen LogP contribution in [0.5, 0.6) is 11.6 Å². The molecule has 0 saturated carbocycles. The van der Waals surface area contributed by atoms with Crippen LogP contribution in [0.15, 0.2) is 24.7 Å². The van der Waals surface area contributed by atoms with E-state index in [1.54, 1.807) is 12.4 Å². The number of hydrogen-bond donors (Lipinski definition) is 1. The van der Waals surface area contributed by atoms with E-state index >= 15 is 0 Å². The molecule has 0 fully saturated rings. The Morgan fingerprint density at radius 1 is 1.29 bits per heavy atom. The summed E-state index contributed by atoms with van der Waals surface area (Å²) in [4.78, 5) is 4.27. The van der Waals surface area contributed by atoms with E-state index in [2.05, 4.69) is 43.1 Å². The minimum Gasteiger partial charge on any atom is -0.434 e. The fourth-order valence-electron chi connectivity index (χ4n) is 1.73. The molecule has 0 aliphatic rings. The molecule has 2 aromatic heterocycles. The van der Waals surface area contributed by atoms with Gasteiger partial charge in [-0.15, -0.1) is 0 Å². The van der Waals surface area contributed by atoms with Crippen LogP contribution in [0.1, 0.15) is 39.3 Å². The Bertz CT molecular complexity index is 595. The first-order chi connectivity index (χ1) is 9.95. The topological polar surface area (TPSA) is 52.0 Å². The Labute approximate surface area is 130 Å². The van der Waals surface area contributed by atoms with Gasteiger partial charge in [-0.2, -0.15) is 5.10 Å². The maximum Gasteiger partial charge on any atom is 0.238 e. The lowest BCUT2D eigenvalue weighted by Crippen LogP contribution is -2.21. The third-order valence-corrected chi connectivity index (χ3v) is 3.17. The fourth-order valence-corrected chi connectivity index (χ4v) is 1.95. The maximum atomic E-state index is 6.22. The van der Waals surface area contributed by atoms with Crippen LogP contribution in [-0.4, -0.2) is 20.8 Å². The number of aromatic nitrogens is 3. The van der Waals surface area contributed by atoms with Crippen LogP contribution in [0.2, 0.25) is 5.02 Å². The molecule has 0 spiro atoms. The molecule has 2 aromatic rings. The second-order valence-electron chi connectivity index (χ2n) is 5.52. The number of ether oxygens (including phenoxy) is 1. The summed E-state index contributed by atoms with van der Waals surface area (Å²) < 4.78 is 7.50. The monoisotopic (exact) mass is 308 g/mol. The van der Waals surface area contributed by atoms with Gasteiger partial charge in [0.05, 0.1) is 12.4 Å². The van der Waals surface area contributed by atoms with E-state index in [0.717, 1.165) is 12.1 Å². The van der Waals surface area contributed by atoms with Crippen LogP contribution in [0.4, 0.5) is 0 Å². The predicted octanol–water partition coefficient (Wildman–Crippen LogP) is 3.80. The highest BCUT2D eigenvalue weighted by Crippen LogP contribution is 2.27. The van der Waals surface area contributed by atoms with E-state index in [0.29, 0.717) is 22.7 Å². The zero-order valence-corrected chi connectivity index (χ0v) is 13.6. The van der Waals surface area contributed by atoms with Crippen LogP contribution >= 0.6 is 11.6 Å². The lowest BCUT2D eigenvalue weighted by atomic mass is 10.2. The van der Waals surface area contributed by atoms with Crippen molar-refractivity contribution < 1.29 is 4.74 Å². The third kappa shape index (κ3) is 4.44. The van der Waals surface area contributed by atoms with E-state index in [9.17, 15) is 0 Å². The summed E-state index contributed by atoms with van der Waals surface area (Å²) in [5.74, 6) is 1.03. The molecule has 0 saturated heterocycles. The van der Waals surface area contributed by atoms with Gasteiger partial charge in [-0.25, -0.2) is 4.98 Å². The number of nitrogens with zero attached hydrogens (tertiary/aromatic N) is 3. The van der Waals surface area contributed by atoms with Gasteiger partial charge in [-0.3, -0.25) is 4.68 Å². The van der Waals surface area contributed by atoms with Gasteiger partial charge in [0, 0.05) is 24.8 Å². The maximum absolute atomic E-state index is 6.22. The minimum absolute atomic E-state index is 0.287. The molecular formula is C15H21ClN4O. The van der Waals surface area contributed by atoms with Crippen molar-refractivity contribution in [2.24, 2.45) is 0 Å². The first-order valence-electron chi connectivity index (χ1n) is 7.05. The summed E-state index contributed by atoms with van der Waals surface area (Å²) in [5.41, 5.74) is 1.03. The molecule has 114 valence electrons. The Hall–Kier alpha value is -1.59. The van der Waals surface area contributed by atoms with Gasteiger partial charge in [0.25, 0.3) is 0 Å². The molecule has 0 bridgehead atoms. The van der Waals surface area contributed by atoms with Gasteiger partial charge in [-0.1, -0.05) is 25.4 Å². The fraction of sp³-hybridized carbons (Fsp3) is 0.467. The highest BCUT2D eigenvalue weighted by atomic mass is 35.5. The molecule has 0 amide bonds. The van der Waals surface area contributed by atoms with Gasteiger partial charge in [0.15, 0.2) is 5.75 Å². The molecule has 21 heavy (non-hydrogen) atoms.